The number of halogens is 2. The first-order valence-corrected chi connectivity index (χ1v) is 7.79. The van der Waals surface area contributed by atoms with Crippen LogP contribution < -0.4 is 10.0 Å². The smallest absolute Gasteiger partial charge is 0.247 e. The molecule has 0 radical (unpaired) electrons. The Balaban J connectivity index is 2.08. The molecule has 0 unspecified atom stereocenters. The summed E-state index contributed by atoms with van der Waals surface area (Å²) in [4.78, 5) is 1.56. The summed E-state index contributed by atoms with van der Waals surface area (Å²) in [5.41, 5.74) is -0.871. The van der Waals surface area contributed by atoms with Crippen molar-refractivity contribution in [2.75, 3.05) is 25.5 Å². The number of anilines is 1. The zero-order valence-electron chi connectivity index (χ0n) is 10.9. The van der Waals surface area contributed by atoms with Crippen molar-refractivity contribution >= 4 is 15.7 Å². The van der Waals surface area contributed by atoms with Crippen molar-refractivity contribution in [1.29, 1.82) is 0 Å². The van der Waals surface area contributed by atoms with Gasteiger partial charge in [-0.25, -0.2) is 17.2 Å². The first-order chi connectivity index (χ1) is 9.31. The number of nitrogens with one attached hydrogen (secondary N) is 2. The summed E-state index contributed by atoms with van der Waals surface area (Å²) < 4.78 is 54.0. The van der Waals surface area contributed by atoms with E-state index in [2.05, 4.69) is 14.9 Å². The van der Waals surface area contributed by atoms with Gasteiger partial charge in [0.15, 0.2) is 0 Å². The van der Waals surface area contributed by atoms with Gasteiger partial charge in [0.1, 0.15) is 22.2 Å². The van der Waals surface area contributed by atoms with Gasteiger partial charge >= 0.3 is 0 Å². The summed E-state index contributed by atoms with van der Waals surface area (Å²) in [6, 6.07) is 1.60. The Morgan fingerprint density at radius 2 is 1.90 bits per heavy atom. The van der Waals surface area contributed by atoms with Gasteiger partial charge in [-0.3, -0.25) is 0 Å². The largest absolute Gasteiger partial charge is 0.365 e. The molecule has 20 heavy (non-hydrogen) atoms. The molecule has 2 heterocycles. The topological polar surface area (TPSA) is 61.4 Å². The molecule has 0 amide bonds. The Bertz CT molecular complexity index is 655. The van der Waals surface area contributed by atoms with Crippen molar-refractivity contribution in [1.82, 2.24) is 9.62 Å². The fourth-order valence-electron chi connectivity index (χ4n) is 2.75. The molecule has 110 valence electrons. The van der Waals surface area contributed by atoms with E-state index in [1.165, 1.54) is 0 Å². The predicted octanol–water partition coefficient (Wildman–Crippen LogP) is 1.09. The predicted molar refractivity (Wildman–Crippen MR) is 69.8 cm³/mol. The second-order valence-corrected chi connectivity index (χ2v) is 7.00. The highest BCUT2D eigenvalue weighted by atomic mass is 32.2. The molecule has 0 aromatic heterocycles. The number of piperidine rings is 1. The number of rotatable bonds is 0. The molecule has 1 aromatic rings. The van der Waals surface area contributed by atoms with Gasteiger partial charge in [0.05, 0.1) is 5.69 Å². The number of hydrogen-bond acceptors (Lipinski definition) is 4. The van der Waals surface area contributed by atoms with Crippen molar-refractivity contribution < 1.29 is 17.2 Å². The van der Waals surface area contributed by atoms with Crippen molar-refractivity contribution in [3.63, 3.8) is 0 Å². The standard InChI is InChI=1S/C12H15F2N3O2S/c1-17-4-2-12(3-5-17)15-10-7-8(13)6-9(14)11(10)20(18,19)16-12/h6-7,15-16H,2-5H2,1H3. The summed E-state index contributed by atoms with van der Waals surface area (Å²) in [5, 5.41) is 2.97. The van der Waals surface area contributed by atoms with Crippen LogP contribution >= 0.6 is 0 Å². The van der Waals surface area contributed by atoms with Gasteiger partial charge in [-0.1, -0.05) is 0 Å². The zero-order valence-corrected chi connectivity index (χ0v) is 11.7. The summed E-state index contributed by atoms with van der Waals surface area (Å²) >= 11 is 0. The molecule has 2 aliphatic heterocycles. The van der Waals surface area contributed by atoms with E-state index in [9.17, 15) is 17.2 Å². The second-order valence-electron chi connectivity index (χ2n) is 5.38. The van der Waals surface area contributed by atoms with Crippen LogP contribution in [0.4, 0.5) is 14.5 Å². The second kappa shape index (κ2) is 4.37. The molecule has 0 saturated carbocycles. The number of hydrogen-bond donors (Lipinski definition) is 2. The van der Waals surface area contributed by atoms with Crippen molar-refractivity contribution in [2.24, 2.45) is 0 Å². The normalized spacial score (nSPS) is 24.1. The molecule has 0 atom stereocenters. The van der Waals surface area contributed by atoms with Gasteiger partial charge < -0.3 is 10.2 Å². The van der Waals surface area contributed by atoms with E-state index in [-0.39, 0.29) is 5.69 Å². The number of nitrogens with zero attached hydrogens (tertiary/aromatic N) is 1. The minimum Gasteiger partial charge on any atom is -0.365 e. The third-order valence-corrected chi connectivity index (χ3v) is 5.43. The Hall–Kier alpha value is -1.25. The quantitative estimate of drug-likeness (QED) is 0.753. The molecule has 8 heteroatoms. The Morgan fingerprint density at radius 3 is 2.55 bits per heavy atom. The fourth-order valence-corrected chi connectivity index (χ4v) is 4.33. The summed E-state index contributed by atoms with van der Waals surface area (Å²) in [6.45, 7) is 1.39. The van der Waals surface area contributed by atoms with E-state index >= 15 is 0 Å². The molecular weight excluding hydrogens is 288 g/mol. The van der Waals surface area contributed by atoms with Crippen LogP contribution in [0.3, 0.4) is 0 Å². The van der Waals surface area contributed by atoms with E-state index in [4.69, 9.17) is 0 Å². The van der Waals surface area contributed by atoms with Gasteiger partial charge in [0, 0.05) is 19.2 Å². The van der Waals surface area contributed by atoms with Crippen LogP contribution in [0.1, 0.15) is 12.8 Å². The highest BCUT2D eigenvalue weighted by Crippen LogP contribution is 2.36. The maximum Gasteiger partial charge on any atom is 0.247 e. The van der Waals surface area contributed by atoms with E-state index < -0.39 is 32.2 Å². The highest BCUT2D eigenvalue weighted by Gasteiger charge is 2.44. The molecule has 0 bridgehead atoms. The van der Waals surface area contributed by atoms with Crippen molar-refractivity contribution in [2.45, 2.75) is 23.4 Å². The summed E-state index contributed by atoms with van der Waals surface area (Å²) in [5.74, 6) is -1.88. The molecule has 1 saturated heterocycles. The molecule has 5 nitrogen and oxygen atoms in total. The van der Waals surface area contributed by atoms with E-state index in [0.29, 0.717) is 32.0 Å². The lowest BCUT2D eigenvalue weighted by molar-refractivity contribution is 0.194. The third kappa shape index (κ3) is 2.17. The van der Waals surface area contributed by atoms with Crippen molar-refractivity contribution in [3.05, 3.63) is 23.8 Å². The molecular formula is C12H15F2N3O2S. The number of fused-ring (bicyclic) bond motifs is 1. The lowest BCUT2D eigenvalue weighted by Gasteiger charge is -2.44. The van der Waals surface area contributed by atoms with Crippen LogP contribution in [-0.4, -0.2) is 39.1 Å². The van der Waals surface area contributed by atoms with Crippen molar-refractivity contribution in [3.8, 4) is 0 Å². The Morgan fingerprint density at radius 1 is 1.25 bits per heavy atom. The SMILES string of the molecule is CN1CCC2(CC1)Nc1cc(F)cc(F)c1S(=O)(=O)N2. The highest BCUT2D eigenvalue weighted by molar-refractivity contribution is 7.89. The van der Waals surface area contributed by atoms with Gasteiger partial charge in [-0.2, -0.15) is 4.72 Å². The summed E-state index contributed by atoms with van der Waals surface area (Å²) in [7, 11) is -2.05. The molecule has 2 N–H and O–H groups in total. The third-order valence-electron chi connectivity index (χ3n) is 3.82. The Kier molecular flexibility index (Phi) is 3.00. The van der Waals surface area contributed by atoms with Crippen LogP contribution in [0.15, 0.2) is 17.0 Å². The van der Waals surface area contributed by atoms with Crippen LogP contribution in [0.5, 0.6) is 0 Å². The van der Waals surface area contributed by atoms with Gasteiger partial charge in [-0.15, -0.1) is 0 Å². The molecule has 2 aliphatic rings. The Labute approximate surface area is 116 Å². The average Bonchev–Trinajstić information content (AvgIpc) is 2.30. The van der Waals surface area contributed by atoms with Crippen LogP contribution in [-0.2, 0) is 10.0 Å². The fraction of sp³-hybridized carbons (Fsp3) is 0.500. The molecule has 3 rings (SSSR count). The van der Waals surface area contributed by atoms with Crippen LogP contribution in [0.25, 0.3) is 0 Å². The maximum absolute atomic E-state index is 13.7. The zero-order chi connectivity index (χ0) is 14.5. The lowest BCUT2D eigenvalue weighted by atomic mass is 9.97. The van der Waals surface area contributed by atoms with Crippen LogP contribution in [0.2, 0.25) is 0 Å². The average molecular weight is 303 g/mol. The number of sulfonamides is 1. The minimum absolute atomic E-state index is 0.00852. The molecule has 1 aromatic carbocycles. The number of benzene rings is 1. The number of likely N-dealkylation sites (tertiary alicyclic amines) is 1. The summed E-state index contributed by atoms with van der Waals surface area (Å²) in [6.07, 6.45) is 1.06. The minimum atomic E-state index is -3.99. The van der Waals surface area contributed by atoms with Crippen LogP contribution in [0, 0.1) is 11.6 Å². The lowest BCUT2D eigenvalue weighted by Crippen LogP contribution is -2.61. The first kappa shape index (κ1) is 13.7. The van der Waals surface area contributed by atoms with E-state index in [1.807, 2.05) is 7.05 Å². The maximum atomic E-state index is 13.7. The first-order valence-electron chi connectivity index (χ1n) is 6.31. The van der Waals surface area contributed by atoms with Gasteiger partial charge in [0.2, 0.25) is 10.0 Å². The van der Waals surface area contributed by atoms with E-state index in [0.717, 1.165) is 6.07 Å². The molecule has 0 aliphatic carbocycles. The molecule has 1 fully saturated rings. The van der Waals surface area contributed by atoms with E-state index in [1.54, 1.807) is 0 Å². The molecule has 1 spiro atoms. The van der Waals surface area contributed by atoms with Gasteiger partial charge in [0.25, 0.3) is 0 Å². The van der Waals surface area contributed by atoms with Gasteiger partial charge in [-0.05, 0) is 26.0 Å². The monoisotopic (exact) mass is 303 g/mol.